The molecule has 2 heterocycles. The highest BCUT2D eigenvalue weighted by atomic mass is 32.2. The number of amides is 1. The lowest BCUT2D eigenvalue weighted by molar-refractivity contribution is 0.0919. The molecule has 0 atom stereocenters. The molecule has 4 rings (SSSR count). The molecular formula is C24H29N5O4S. The summed E-state index contributed by atoms with van der Waals surface area (Å²) in [6.45, 7) is 5.36. The number of hydrogen-bond acceptors (Lipinski definition) is 7. The summed E-state index contributed by atoms with van der Waals surface area (Å²) in [5.74, 6) is -0.398. The molecule has 1 aliphatic heterocycles. The molecule has 1 aromatic heterocycles. The number of anilines is 1. The lowest BCUT2D eigenvalue weighted by Crippen LogP contribution is -2.30. The fraction of sp³-hybridized carbons (Fsp3) is 0.375. The van der Waals surface area contributed by atoms with Crippen LogP contribution in [0.4, 0.5) is 5.69 Å². The van der Waals surface area contributed by atoms with Crippen molar-refractivity contribution in [3.05, 3.63) is 60.5 Å². The van der Waals surface area contributed by atoms with Gasteiger partial charge in [0.05, 0.1) is 4.90 Å². The zero-order chi connectivity index (χ0) is 24.0. The predicted octanol–water partition coefficient (Wildman–Crippen LogP) is 3.17. The molecule has 0 spiro atoms. The fourth-order valence-electron chi connectivity index (χ4n) is 3.93. The van der Waals surface area contributed by atoms with E-state index >= 15 is 0 Å². The van der Waals surface area contributed by atoms with E-state index in [2.05, 4.69) is 39.5 Å². The lowest BCUT2D eigenvalue weighted by atomic mass is 10.2. The van der Waals surface area contributed by atoms with Crippen LogP contribution < -0.4 is 10.2 Å². The Morgan fingerprint density at radius 1 is 1.06 bits per heavy atom. The average molecular weight is 484 g/mol. The summed E-state index contributed by atoms with van der Waals surface area (Å²) in [5.41, 5.74) is 1.70. The third kappa shape index (κ3) is 5.45. The summed E-state index contributed by atoms with van der Waals surface area (Å²) in [6.07, 6.45) is 2.53. The second-order valence-electron chi connectivity index (χ2n) is 8.07. The van der Waals surface area contributed by atoms with Crippen molar-refractivity contribution in [3.63, 3.8) is 0 Å². The number of benzene rings is 2. The standard InChI is InChI=1S/C24H29N5O4S/c1-2-28(20-9-4-3-5-10-20)16-8-15-25-22(30)24-27-26-23(33-24)19-11-13-21(14-12-19)34(31,32)29-17-6-7-18-29/h3-5,9-14H,2,6-8,15-18H2,1H3,(H,25,30). The van der Waals surface area contributed by atoms with Crippen molar-refractivity contribution in [2.75, 3.05) is 37.6 Å². The summed E-state index contributed by atoms with van der Waals surface area (Å²) in [7, 11) is -3.49. The second-order valence-corrected chi connectivity index (χ2v) is 10.0. The zero-order valence-corrected chi connectivity index (χ0v) is 20.0. The maximum absolute atomic E-state index is 12.7. The number of nitrogens with one attached hydrogen (secondary N) is 1. The van der Waals surface area contributed by atoms with E-state index in [-0.39, 0.29) is 16.7 Å². The Morgan fingerprint density at radius 3 is 2.44 bits per heavy atom. The molecule has 0 aliphatic carbocycles. The average Bonchev–Trinajstić information content (AvgIpc) is 3.58. The molecule has 1 N–H and O–H groups in total. The van der Waals surface area contributed by atoms with E-state index < -0.39 is 15.9 Å². The number of sulfonamides is 1. The Bertz CT molecular complexity index is 1190. The van der Waals surface area contributed by atoms with Crippen LogP contribution in [-0.2, 0) is 10.0 Å². The third-order valence-corrected chi connectivity index (χ3v) is 7.73. The minimum atomic E-state index is -3.49. The minimum absolute atomic E-state index is 0.126. The number of hydrogen-bond donors (Lipinski definition) is 1. The topological polar surface area (TPSA) is 109 Å². The summed E-state index contributed by atoms with van der Waals surface area (Å²) < 4.78 is 32.3. The Labute approximate surface area is 199 Å². The molecule has 34 heavy (non-hydrogen) atoms. The van der Waals surface area contributed by atoms with Crippen LogP contribution in [-0.4, -0.2) is 61.6 Å². The molecule has 1 saturated heterocycles. The molecule has 9 nitrogen and oxygen atoms in total. The number of rotatable bonds is 10. The van der Waals surface area contributed by atoms with Crippen LogP contribution in [0, 0.1) is 0 Å². The highest BCUT2D eigenvalue weighted by Gasteiger charge is 2.27. The number of para-hydroxylation sites is 1. The van der Waals surface area contributed by atoms with Crippen LogP contribution in [0.3, 0.4) is 0 Å². The van der Waals surface area contributed by atoms with Crippen LogP contribution >= 0.6 is 0 Å². The van der Waals surface area contributed by atoms with E-state index in [1.54, 1.807) is 12.1 Å². The first-order valence-electron chi connectivity index (χ1n) is 11.5. The van der Waals surface area contributed by atoms with E-state index in [0.29, 0.717) is 25.2 Å². The van der Waals surface area contributed by atoms with Gasteiger partial charge in [-0.25, -0.2) is 8.42 Å². The van der Waals surface area contributed by atoms with Crippen molar-refractivity contribution in [1.29, 1.82) is 0 Å². The molecule has 0 radical (unpaired) electrons. The smallest absolute Gasteiger partial charge is 0.308 e. The van der Waals surface area contributed by atoms with Gasteiger partial charge in [-0.2, -0.15) is 4.31 Å². The monoisotopic (exact) mass is 483 g/mol. The van der Waals surface area contributed by atoms with Gasteiger partial charge in [0, 0.05) is 44.0 Å². The van der Waals surface area contributed by atoms with Gasteiger partial charge < -0.3 is 14.6 Å². The van der Waals surface area contributed by atoms with Gasteiger partial charge in [0.15, 0.2) is 0 Å². The number of nitrogens with zero attached hydrogens (tertiary/aromatic N) is 4. The van der Waals surface area contributed by atoms with Gasteiger partial charge in [-0.15, -0.1) is 10.2 Å². The minimum Gasteiger partial charge on any atom is -0.412 e. The molecule has 180 valence electrons. The molecule has 1 aliphatic rings. The summed E-state index contributed by atoms with van der Waals surface area (Å²) in [6, 6.07) is 16.4. The maximum Gasteiger partial charge on any atom is 0.308 e. The van der Waals surface area contributed by atoms with Gasteiger partial charge in [-0.05, 0) is 62.6 Å². The molecule has 1 amide bonds. The third-order valence-electron chi connectivity index (χ3n) is 5.82. The van der Waals surface area contributed by atoms with Crippen LogP contribution in [0.15, 0.2) is 63.9 Å². The zero-order valence-electron chi connectivity index (χ0n) is 19.2. The fourth-order valence-corrected chi connectivity index (χ4v) is 5.45. The Kier molecular flexibility index (Phi) is 7.59. The SMILES string of the molecule is CCN(CCCNC(=O)c1nnc(-c2ccc(S(=O)(=O)N3CCCC3)cc2)o1)c1ccccc1. The maximum atomic E-state index is 12.7. The second kappa shape index (κ2) is 10.8. The van der Waals surface area contributed by atoms with Crippen molar-refractivity contribution in [2.24, 2.45) is 0 Å². The first kappa shape index (κ1) is 23.9. The van der Waals surface area contributed by atoms with Crippen molar-refractivity contribution in [3.8, 4) is 11.5 Å². The van der Waals surface area contributed by atoms with Crippen LogP contribution in [0.5, 0.6) is 0 Å². The van der Waals surface area contributed by atoms with Gasteiger partial charge in [-0.3, -0.25) is 4.79 Å². The van der Waals surface area contributed by atoms with Gasteiger partial charge >= 0.3 is 11.8 Å². The van der Waals surface area contributed by atoms with Crippen LogP contribution in [0.2, 0.25) is 0 Å². The van der Waals surface area contributed by atoms with E-state index in [1.807, 2.05) is 18.2 Å². The highest BCUT2D eigenvalue weighted by Crippen LogP contribution is 2.24. The highest BCUT2D eigenvalue weighted by molar-refractivity contribution is 7.89. The Balaban J connectivity index is 1.31. The Hall–Kier alpha value is -3.24. The number of carbonyl (C=O) groups is 1. The van der Waals surface area contributed by atoms with E-state index in [4.69, 9.17) is 4.42 Å². The van der Waals surface area contributed by atoms with Crippen molar-refractivity contribution >= 4 is 21.6 Å². The van der Waals surface area contributed by atoms with E-state index in [9.17, 15) is 13.2 Å². The molecule has 10 heteroatoms. The molecule has 2 aromatic carbocycles. The Morgan fingerprint density at radius 2 is 1.76 bits per heavy atom. The molecule has 0 unspecified atom stereocenters. The van der Waals surface area contributed by atoms with Crippen LogP contribution in [0.1, 0.15) is 36.9 Å². The number of carbonyl (C=O) groups excluding carboxylic acids is 1. The molecule has 1 fully saturated rings. The van der Waals surface area contributed by atoms with E-state index in [0.717, 1.165) is 38.0 Å². The van der Waals surface area contributed by atoms with E-state index in [1.165, 1.54) is 16.4 Å². The predicted molar refractivity (Wildman–Crippen MR) is 129 cm³/mol. The molecule has 0 bridgehead atoms. The normalized spacial score (nSPS) is 14.3. The summed E-state index contributed by atoms with van der Waals surface area (Å²) >= 11 is 0. The molecular weight excluding hydrogens is 454 g/mol. The van der Waals surface area contributed by atoms with Gasteiger partial charge in [0.25, 0.3) is 0 Å². The lowest BCUT2D eigenvalue weighted by Gasteiger charge is -2.22. The largest absolute Gasteiger partial charge is 0.412 e. The molecule has 0 saturated carbocycles. The number of aromatic nitrogens is 2. The van der Waals surface area contributed by atoms with Gasteiger partial charge in [0.1, 0.15) is 0 Å². The van der Waals surface area contributed by atoms with Crippen molar-refractivity contribution in [1.82, 2.24) is 19.8 Å². The first-order chi connectivity index (χ1) is 16.5. The van der Waals surface area contributed by atoms with Crippen molar-refractivity contribution < 1.29 is 17.6 Å². The van der Waals surface area contributed by atoms with Crippen molar-refractivity contribution in [2.45, 2.75) is 31.1 Å². The van der Waals surface area contributed by atoms with Gasteiger partial charge in [0.2, 0.25) is 15.9 Å². The summed E-state index contributed by atoms with van der Waals surface area (Å²) in [4.78, 5) is 14.9. The van der Waals surface area contributed by atoms with Gasteiger partial charge in [-0.1, -0.05) is 18.2 Å². The van der Waals surface area contributed by atoms with Crippen LogP contribution in [0.25, 0.3) is 11.5 Å². The molecule has 3 aromatic rings. The quantitative estimate of drug-likeness (QED) is 0.441. The first-order valence-corrected chi connectivity index (χ1v) is 13.0. The summed E-state index contributed by atoms with van der Waals surface area (Å²) in [5, 5.41) is 10.6.